The van der Waals surface area contributed by atoms with Crippen LogP contribution in [-0.2, 0) is 16.0 Å². The molecule has 1 heterocycles. The maximum Gasteiger partial charge on any atom is 0.347 e. The molecule has 0 radical (unpaired) electrons. The van der Waals surface area contributed by atoms with Gasteiger partial charge in [0.1, 0.15) is 23.0 Å². The molecule has 43 heavy (non-hydrogen) atoms. The standard InChI is InChI=1S/C33H24Br2F3NO4/c1-17-26(36)16-23(29(38)28(17)37)32-39-30(18(2)42-32)21-11-9-20(10-12-21)22-14-24(34)31(25(35)15-22)43-27(33(40)41-3)13-19-7-5-4-6-8-19/h4-12,14-16,27H,13H2,1-3H3. The first-order valence-corrected chi connectivity index (χ1v) is 14.7. The molecule has 0 aliphatic rings. The normalized spacial score (nSPS) is 11.8. The molecule has 0 N–H and O–H groups in total. The zero-order chi connectivity index (χ0) is 30.8. The smallest absolute Gasteiger partial charge is 0.347 e. The van der Waals surface area contributed by atoms with Crippen molar-refractivity contribution in [1.29, 1.82) is 0 Å². The molecule has 10 heteroatoms. The maximum absolute atomic E-state index is 14.6. The quantitative estimate of drug-likeness (QED) is 0.118. The fraction of sp³-hybridized carbons (Fsp3) is 0.152. The summed E-state index contributed by atoms with van der Waals surface area (Å²) in [6.45, 7) is 2.80. The summed E-state index contributed by atoms with van der Waals surface area (Å²) in [6, 6.07) is 21.5. The number of halogens is 5. The molecule has 0 aliphatic carbocycles. The summed E-state index contributed by atoms with van der Waals surface area (Å²) >= 11 is 7.15. The molecule has 0 saturated carbocycles. The highest BCUT2D eigenvalue weighted by molar-refractivity contribution is 9.11. The first-order valence-electron chi connectivity index (χ1n) is 13.1. The molecule has 1 atom stereocenters. The summed E-state index contributed by atoms with van der Waals surface area (Å²) in [5, 5.41) is 0. The van der Waals surface area contributed by atoms with E-state index in [-0.39, 0.29) is 11.5 Å². The van der Waals surface area contributed by atoms with Crippen LogP contribution in [0.4, 0.5) is 13.2 Å². The third-order valence-electron chi connectivity index (χ3n) is 6.89. The van der Waals surface area contributed by atoms with Crippen LogP contribution in [-0.4, -0.2) is 24.2 Å². The third kappa shape index (κ3) is 6.40. The Bertz CT molecular complexity index is 1780. The number of hydrogen-bond donors (Lipinski definition) is 0. The van der Waals surface area contributed by atoms with Gasteiger partial charge in [-0.1, -0.05) is 54.6 Å². The molecule has 4 aromatic carbocycles. The average molecular weight is 715 g/mol. The monoisotopic (exact) mass is 713 g/mol. The molecule has 5 rings (SSSR count). The van der Waals surface area contributed by atoms with Gasteiger partial charge in [0.2, 0.25) is 5.89 Å². The van der Waals surface area contributed by atoms with Crippen LogP contribution in [0.15, 0.2) is 86.2 Å². The summed E-state index contributed by atoms with van der Waals surface area (Å²) in [4.78, 5) is 16.8. The van der Waals surface area contributed by atoms with Crippen molar-refractivity contribution in [3.8, 4) is 39.6 Å². The second-order valence-corrected chi connectivity index (χ2v) is 11.5. The van der Waals surface area contributed by atoms with Crippen LogP contribution >= 0.6 is 31.9 Å². The Morgan fingerprint density at radius 1 is 0.884 bits per heavy atom. The summed E-state index contributed by atoms with van der Waals surface area (Å²) in [5.74, 6) is -3.27. The Hall–Kier alpha value is -3.89. The van der Waals surface area contributed by atoms with Gasteiger partial charge in [-0.05, 0) is 80.6 Å². The number of aromatic nitrogens is 1. The first kappa shape index (κ1) is 30.6. The molecule has 1 unspecified atom stereocenters. The molecular weight excluding hydrogens is 691 g/mol. The zero-order valence-electron chi connectivity index (χ0n) is 23.2. The van der Waals surface area contributed by atoms with Crippen molar-refractivity contribution in [1.82, 2.24) is 4.98 Å². The molecule has 1 aromatic heterocycles. The minimum Gasteiger partial charge on any atom is -0.476 e. The van der Waals surface area contributed by atoms with Gasteiger partial charge in [-0.3, -0.25) is 0 Å². The summed E-state index contributed by atoms with van der Waals surface area (Å²) < 4.78 is 60.7. The number of carbonyl (C=O) groups is 1. The van der Waals surface area contributed by atoms with Crippen LogP contribution < -0.4 is 4.74 Å². The largest absolute Gasteiger partial charge is 0.476 e. The van der Waals surface area contributed by atoms with Crippen molar-refractivity contribution < 1.29 is 31.9 Å². The van der Waals surface area contributed by atoms with E-state index in [0.717, 1.165) is 29.7 Å². The van der Waals surface area contributed by atoms with E-state index in [0.29, 0.717) is 38.1 Å². The molecule has 0 bridgehead atoms. The van der Waals surface area contributed by atoms with Gasteiger partial charge >= 0.3 is 5.97 Å². The van der Waals surface area contributed by atoms with Gasteiger partial charge in [-0.15, -0.1) is 0 Å². The highest BCUT2D eigenvalue weighted by Gasteiger charge is 2.25. The van der Waals surface area contributed by atoms with E-state index in [1.54, 1.807) is 6.92 Å². The second kappa shape index (κ2) is 12.8. The first-order chi connectivity index (χ1) is 20.6. The van der Waals surface area contributed by atoms with Gasteiger partial charge in [0.25, 0.3) is 0 Å². The van der Waals surface area contributed by atoms with Crippen LogP contribution in [0.5, 0.6) is 5.75 Å². The molecular formula is C33H24Br2F3NO4. The SMILES string of the molecule is COC(=O)C(Cc1ccccc1)Oc1c(Br)cc(-c2ccc(-c3nc(-c4cc(F)c(C)c(F)c4F)oc3C)cc2)cc1Br. The van der Waals surface area contributed by atoms with E-state index < -0.39 is 35.1 Å². The summed E-state index contributed by atoms with van der Waals surface area (Å²) in [5.41, 5.74) is 2.93. The van der Waals surface area contributed by atoms with Gasteiger partial charge in [-0.2, -0.15) is 0 Å². The van der Waals surface area contributed by atoms with Crippen LogP contribution in [0.3, 0.4) is 0 Å². The minimum absolute atomic E-state index is 0.215. The van der Waals surface area contributed by atoms with E-state index in [1.807, 2.05) is 66.7 Å². The van der Waals surface area contributed by atoms with Crippen molar-refractivity contribution in [2.75, 3.05) is 7.11 Å². The number of rotatable bonds is 8. The number of nitrogens with zero attached hydrogens (tertiary/aromatic N) is 1. The van der Waals surface area contributed by atoms with Crippen molar-refractivity contribution >= 4 is 37.8 Å². The molecule has 0 amide bonds. The van der Waals surface area contributed by atoms with Crippen LogP contribution in [0.1, 0.15) is 16.9 Å². The predicted molar refractivity (Wildman–Crippen MR) is 164 cm³/mol. The Morgan fingerprint density at radius 2 is 1.51 bits per heavy atom. The lowest BCUT2D eigenvalue weighted by Crippen LogP contribution is -2.31. The highest BCUT2D eigenvalue weighted by Crippen LogP contribution is 2.40. The lowest BCUT2D eigenvalue weighted by Gasteiger charge is -2.20. The molecule has 0 fully saturated rings. The highest BCUT2D eigenvalue weighted by atomic mass is 79.9. The average Bonchev–Trinajstić information content (AvgIpc) is 3.40. The molecule has 5 nitrogen and oxygen atoms in total. The number of esters is 1. The molecule has 0 spiro atoms. The van der Waals surface area contributed by atoms with E-state index in [1.165, 1.54) is 7.11 Å². The van der Waals surface area contributed by atoms with Gasteiger partial charge in [-0.25, -0.2) is 22.9 Å². The lowest BCUT2D eigenvalue weighted by atomic mass is 10.0. The van der Waals surface area contributed by atoms with Crippen LogP contribution in [0.25, 0.3) is 33.8 Å². The summed E-state index contributed by atoms with van der Waals surface area (Å²) in [6.07, 6.45) is -0.527. The number of carbonyl (C=O) groups excluding carboxylic acids is 1. The second-order valence-electron chi connectivity index (χ2n) is 9.75. The van der Waals surface area contributed by atoms with Gasteiger partial charge < -0.3 is 13.9 Å². The minimum atomic E-state index is -1.28. The fourth-order valence-corrected chi connectivity index (χ4v) is 5.93. The Balaban J connectivity index is 1.39. The number of ether oxygens (including phenoxy) is 2. The topological polar surface area (TPSA) is 61.6 Å². The number of hydrogen-bond acceptors (Lipinski definition) is 5. The number of benzene rings is 4. The summed E-state index contributed by atoms with van der Waals surface area (Å²) in [7, 11) is 1.32. The zero-order valence-corrected chi connectivity index (χ0v) is 26.4. The lowest BCUT2D eigenvalue weighted by molar-refractivity contribution is -0.148. The van der Waals surface area contributed by atoms with Crippen molar-refractivity contribution in [3.05, 3.63) is 116 Å². The molecule has 0 saturated heterocycles. The number of oxazole rings is 1. The predicted octanol–water partition coefficient (Wildman–Crippen LogP) is 9.40. The van der Waals surface area contributed by atoms with E-state index >= 15 is 0 Å². The van der Waals surface area contributed by atoms with Crippen molar-refractivity contribution in [2.45, 2.75) is 26.4 Å². The van der Waals surface area contributed by atoms with Gasteiger partial charge in [0.05, 0.1) is 21.6 Å². The Labute approximate surface area is 262 Å². The van der Waals surface area contributed by atoms with Crippen LogP contribution in [0, 0.1) is 31.3 Å². The molecule has 220 valence electrons. The Morgan fingerprint density at radius 3 is 2.14 bits per heavy atom. The third-order valence-corrected chi connectivity index (χ3v) is 8.07. The number of aryl methyl sites for hydroxylation is 1. The van der Waals surface area contributed by atoms with Crippen molar-refractivity contribution in [3.63, 3.8) is 0 Å². The van der Waals surface area contributed by atoms with Crippen molar-refractivity contribution in [2.24, 2.45) is 0 Å². The van der Waals surface area contributed by atoms with E-state index in [9.17, 15) is 18.0 Å². The van der Waals surface area contributed by atoms with Gasteiger partial charge in [0.15, 0.2) is 17.7 Å². The van der Waals surface area contributed by atoms with E-state index in [4.69, 9.17) is 13.9 Å². The molecule has 0 aliphatic heterocycles. The maximum atomic E-state index is 14.6. The van der Waals surface area contributed by atoms with Gasteiger partial charge in [0, 0.05) is 17.5 Å². The fourth-order valence-electron chi connectivity index (χ4n) is 4.56. The van der Waals surface area contributed by atoms with Crippen LogP contribution in [0.2, 0.25) is 0 Å². The molecule has 5 aromatic rings. The number of methoxy groups -OCH3 is 1. The Kier molecular flexibility index (Phi) is 9.08. The van der Waals surface area contributed by atoms with E-state index in [2.05, 4.69) is 36.8 Å².